The monoisotopic (exact) mass is 356 g/mol. The molecule has 0 heterocycles. The van der Waals surface area contributed by atoms with Crippen LogP contribution in [-0.2, 0) is 12.4 Å². The molecule has 0 aromatic heterocycles. The molecule has 0 saturated heterocycles. The molecule has 0 bridgehead atoms. The molecule has 2 aromatic rings. The summed E-state index contributed by atoms with van der Waals surface area (Å²) >= 11 is 0. The highest BCUT2D eigenvalue weighted by Gasteiger charge is 2.37. The molecule has 0 fully saturated rings. The summed E-state index contributed by atoms with van der Waals surface area (Å²) in [5.74, 6) is -1.16. The zero-order chi connectivity index (χ0) is 18.1. The third-order valence-electron chi connectivity index (χ3n) is 3.04. The highest BCUT2D eigenvalue weighted by molar-refractivity contribution is 5.70. The quantitative estimate of drug-likeness (QED) is 0.614. The van der Waals surface area contributed by atoms with Gasteiger partial charge < -0.3 is 4.74 Å². The molecule has 0 unspecified atom stereocenters. The number of hydrogen-bond acceptors (Lipinski definition) is 1. The van der Waals surface area contributed by atoms with Crippen LogP contribution in [0, 0.1) is 0 Å². The summed E-state index contributed by atoms with van der Waals surface area (Å²) in [6.07, 6.45) is -9.86. The first kappa shape index (κ1) is 18.0. The average Bonchev–Trinajstić information content (AvgIpc) is 2.45. The molecule has 0 aliphatic heterocycles. The van der Waals surface area contributed by atoms with Gasteiger partial charge in [-0.2, -0.15) is 35.1 Å². The molecule has 0 aliphatic rings. The van der Waals surface area contributed by atoms with Crippen LogP contribution >= 0.6 is 0 Å². The average molecular weight is 356 g/mol. The third kappa shape index (κ3) is 3.95. The Labute approximate surface area is 130 Å². The Morgan fingerprint density at radius 2 is 1.33 bits per heavy atom. The maximum Gasteiger partial charge on any atom is 0.419 e. The standard InChI is InChI=1S/C15H8F8O/c16-13(17)24-12-6-5-8(7-11(12)15(21,22)23)9-3-1-2-4-10(9)14(18,19)20/h1-7,13H. The second-order valence-electron chi connectivity index (χ2n) is 4.63. The van der Waals surface area contributed by atoms with Crippen molar-refractivity contribution in [3.63, 3.8) is 0 Å². The summed E-state index contributed by atoms with van der Waals surface area (Å²) in [6, 6.07) is 5.79. The van der Waals surface area contributed by atoms with Gasteiger partial charge in [-0.15, -0.1) is 0 Å². The highest BCUT2D eigenvalue weighted by Crippen LogP contribution is 2.42. The first-order valence-corrected chi connectivity index (χ1v) is 6.33. The Morgan fingerprint density at radius 3 is 1.88 bits per heavy atom. The van der Waals surface area contributed by atoms with Crippen molar-refractivity contribution in [3.8, 4) is 16.9 Å². The number of rotatable bonds is 3. The summed E-state index contributed by atoms with van der Waals surface area (Å²) in [7, 11) is 0. The van der Waals surface area contributed by atoms with Gasteiger partial charge in [0.05, 0.1) is 11.1 Å². The molecule has 0 N–H and O–H groups in total. The van der Waals surface area contributed by atoms with E-state index in [1.165, 1.54) is 6.07 Å². The van der Waals surface area contributed by atoms with Crippen LogP contribution in [0.5, 0.6) is 5.75 Å². The van der Waals surface area contributed by atoms with Crippen molar-refractivity contribution in [2.24, 2.45) is 0 Å². The van der Waals surface area contributed by atoms with Crippen LogP contribution in [0.2, 0.25) is 0 Å². The molecule has 0 saturated carbocycles. The van der Waals surface area contributed by atoms with Gasteiger partial charge in [0.25, 0.3) is 0 Å². The van der Waals surface area contributed by atoms with Gasteiger partial charge in [-0.05, 0) is 29.3 Å². The smallest absolute Gasteiger partial charge is 0.419 e. The van der Waals surface area contributed by atoms with E-state index >= 15 is 0 Å². The minimum absolute atomic E-state index is 0.349. The van der Waals surface area contributed by atoms with Crippen molar-refractivity contribution < 1.29 is 39.9 Å². The van der Waals surface area contributed by atoms with E-state index in [9.17, 15) is 35.1 Å². The Balaban J connectivity index is 2.62. The summed E-state index contributed by atoms with van der Waals surface area (Å²) in [4.78, 5) is 0. The maximum absolute atomic E-state index is 13.0. The highest BCUT2D eigenvalue weighted by atomic mass is 19.4. The predicted octanol–water partition coefficient (Wildman–Crippen LogP) is 5.99. The molecule has 1 nitrogen and oxygen atoms in total. The van der Waals surface area contributed by atoms with Crippen molar-refractivity contribution in [2.45, 2.75) is 19.0 Å². The van der Waals surface area contributed by atoms with Crippen molar-refractivity contribution in [1.82, 2.24) is 0 Å². The van der Waals surface area contributed by atoms with Crippen LogP contribution in [0.25, 0.3) is 11.1 Å². The maximum atomic E-state index is 13.0. The fourth-order valence-electron chi connectivity index (χ4n) is 2.10. The van der Waals surface area contributed by atoms with Gasteiger partial charge in [0.2, 0.25) is 0 Å². The number of halogens is 8. The summed E-state index contributed by atoms with van der Waals surface area (Å²) < 4.78 is 106. The van der Waals surface area contributed by atoms with Gasteiger partial charge in [0, 0.05) is 0 Å². The van der Waals surface area contributed by atoms with E-state index in [0.717, 1.165) is 18.2 Å². The largest absolute Gasteiger partial charge is 0.434 e. The molecular weight excluding hydrogens is 348 g/mol. The Kier molecular flexibility index (Phi) is 4.73. The lowest BCUT2D eigenvalue weighted by Gasteiger charge is -2.17. The van der Waals surface area contributed by atoms with Crippen molar-refractivity contribution in [1.29, 1.82) is 0 Å². The van der Waals surface area contributed by atoms with Crippen LogP contribution in [0.1, 0.15) is 11.1 Å². The lowest BCUT2D eigenvalue weighted by molar-refractivity contribution is -0.141. The van der Waals surface area contributed by atoms with Crippen LogP contribution in [0.3, 0.4) is 0 Å². The lowest BCUT2D eigenvalue weighted by atomic mass is 9.97. The Hall–Kier alpha value is -2.32. The summed E-state index contributed by atoms with van der Waals surface area (Å²) in [5, 5.41) is 0. The number of ether oxygens (including phenoxy) is 1. The fourth-order valence-corrected chi connectivity index (χ4v) is 2.10. The Bertz CT molecular complexity index is 718. The van der Waals surface area contributed by atoms with Crippen molar-refractivity contribution >= 4 is 0 Å². The van der Waals surface area contributed by atoms with Gasteiger partial charge in [0.1, 0.15) is 5.75 Å². The van der Waals surface area contributed by atoms with E-state index < -0.39 is 47.0 Å². The van der Waals surface area contributed by atoms with E-state index in [1.807, 2.05) is 0 Å². The van der Waals surface area contributed by atoms with Crippen LogP contribution in [0.15, 0.2) is 42.5 Å². The molecule has 130 valence electrons. The molecule has 2 rings (SSSR count). The minimum atomic E-state index is -5.08. The van der Waals surface area contributed by atoms with Crippen LogP contribution < -0.4 is 4.74 Å². The fraction of sp³-hybridized carbons (Fsp3) is 0.200. The second-order valence-corrected chi connectivity index (χ2v) is 4.63. The normalized spacial score (nSPS) is 12.5. The van der Waals surface area contributed by atoms with E-state index in [4.69, 9.17) is 0 Å². The van der Waals surface area contributed by atoms with E-state index in [2.05, 4.69) is 4.74 Å². The van der Waals surface area contributed by atoms with Gasteiger partial charge in [-0.1, -0.05) is 24.3 Å². The SMILES string of the molecule is FC(F)Oc1ccc(-c2ccccc2C(F)(F)F)cc1C(F)(F)F. The molecule has 0 aliphatic carbocycles. The third-order valence-corrected chi connectivity index (χ3v) is 3.04. The first-order valence-electron chi connectivity index (χ1n) is 6.33. The van der Waals surface area contributed by atoms with Gasteiger partial charge in [0.15, 0.2) is 0 Å². The molecule has 0 amide bonds. The van der Waals surface area contributed by atoms with Gasteiger partial charge in [-0.25, -0.2) is 0 Å². The first-order chi connectivity index (χ1) is 11.0. The van der Waals surface area contributed by atoms with Crippen LogP contribution in [-0.4, -0.2) is 6.61 Å². The molecule has 0 atom stereocenters. The zero-order valence-corrected chi connectivity index (χ0v) is 11.6. The van der Waals surface area contributed by atoms with Crippen molar-refractivity contribution in [3.05, 3.63) is 53.6 Å². The minimum Gasteiger partial charge on any atom is -0.434 e. The van der Waals surface area contributed by atoms with Crippen molar-refractivity contribution in [2.75, 3.05) is 0 Å². The van der Waals surface area contributed by atoms with E-state index in [-0.39, 0.29) is 0 Å². The van der Waals surface area contributed by atoms with E-state index in [0.29, 0.717) is 18.2 Å². The molecule has 0 spiro atoms. The number of benzene rings is 2. The molecule has 24 heavy (non-hydrogen) atoms. The van der Waals surface area contributed by atoms with Crippen LogP contribution in [0.4, 0.5) is 35.1 Å². The van der Waals surface area contributed by atoms with Gasteiger partial charge in [-0.3, -0.25) is 0 Å². The second kappa shape index (κ2) is 6.29. The molecule has 9 heteroatoms. The molecule has 0 radical (unpaired) electrons. The molecular formula is C15H8F8O. The van der Waals surface area contributed by atoms with Gasteiger partial charge >= 0.3 is 19.0 Å². The number of hydrogen-bond donors (Lipinski definition) is 0. The summed E-state index contributed by atoms with van der Waals surface area (Å²) in [6.45, 7) is -3.50. The Morgan fingerprint density at radius 1 is 0.750 bits per heavy atom. The predicted molar refractivity (Wildman–Crippen MR) is 68.5 cm³/mol. The molecule has 2 aromatic carbocycles. The summed E-state index contributed by atoms with van der Waals surface area (Å²) in [5.41, 5.74) is -3.64. The zero-order valence-electron chi connectivity index (χ0n) is 11.6. The number of alkyl halides is 8. The topological polar surface area (TPSA) is 9.23 Å². The lowest BCUT2D eigenvalue weighted by Crippen LogP contribution is -2.12. The van der Waals surface area contributed by atoms with E-state index in [1.54, 1.807) is 0 Å².